The van der Waals surface area contributed by atoms with E-state index >= 15 is 0 Å². The summed E-state index contributed by atoms with van der Waals surface area (Å²) in [5.74, 6) is 1.07. The van der Waals surface area contributed by atoms with Crippen molar-refractivity contribution in [3.63, 3.8) is 0 Å². The summed E-state index contributed by atoms with van der Waals surface area (Å²) >= 11 is 0. The number of esters is 1. The molecule has 21 heavy (non-hydrogen) atoms. The van der Waals surface area contributed by atoms with Crippen molar-refractivity contribution in [1.82, 2.24) is 4.90 Å². The highest BCUT2D eigenvalue weighted by atomic mass is 16.5. The topological polar surface area (TPSA) is 55.6 Å². The van der Waals surface area contributed by atoms with Gasteiger partial charge in [0.15, 0.2) is 0 Å². The van der Waals surface area contributed by atoms with Crippen molar-refractivity contribution >= 4 is 5.97 Å². The second-order valence-electron chi connectivity index (χ2n) is 7.14. The quantitative estimate of drug-likeness (QED) is 0.734. The molecule has 0 heterocycles. The van der Waals surface area contributed by atoms with Gasteiger partial charge in [0, 0.05) is 6.04 Å². The molecule has 3 atom stereocenters. The lowest BCUT2D eigenvalue weighted by Gasteiger charge is -2.45. The summed E-state index contributed by atoms with van der Waals surface area (Å²) in [6.07, 6.45) is 4.76. The van der Waals surface area contributed by atoms with Crippen molar-refractivity contribution in [1.29, 1.82) is 0 Å². The van der Waals surface area contributed by atoms with Crippen molar-refractivity contribution in [2.75, 3.05) is 26.7 Å². The molecule has 1 rings (SSSR count). The monoisotopic (exact) mass is 298 g/mol. The highest BCUT2D eigenvalue weighted by Crippen LogP contribution is 2.43. The van der Waals surface area contributed by atoms with E-state index in [1.807, 2.05) is 14.0 Å². The average Bonchev–Trinajstić information content (AvgIpc) is 2.46. The predicted octanol–water partition coefficient (Wildman–Crippen LogP) is 2.66. The Morgan fingerprint density at radius 2 is 2.00 bits per heavy atom. The molecule has 0 radical (unpaired) electrons. The minimum Gasteiger partial charge on any atom is -0.465 e. The molecule has 0 aliphatic heterocycles. The van der Waals surface area contributed by atoms with Crippen LogP contribution in [0.15, 0.2) is 0 Å². The van der Waals surface area contributed by atoms with Gasteiger partial charge in [0.25, 0.3) is 0 Å². The lowest BCUT2D eigenvalue weighted by atomic mass is 9.65. The number of ether oxygens (including phenoxy) is 1. The van der Waals surface area contributed by atoms with E-state index in [9.17, 15) is 4.79 Å². The zero-order chi connectivity index (χ0) is 16.0. The van der Waals surface area contributed by atoms with Crippen molar-refractivity contribution in [2.45, 2.75) is 59.4 Å². The van der Waals surface area contributed by atoms with E-state index in [4.69, 9.17) is 10.5 Å². The van der Waals surface area contributed by atoms with Crippen LogP contribution in [-0.4, -0.2) is 43.7 Å². The van der Waals surface area contributed by atoms with Gasteiger partial charge >= 0.3 is 5.97 Å². The molecule has 0 bridgehead atoms. The van der Waals surface area contributed by atoms with Gasteiger partial charge in [-0.2, -0.15) is 0 Å². The molecule has 1 saturated carbocycles. The third-order valence-corrected chi connectivity index (χ3v) is 5.53. The molecule has 0 aromatic carbocycles. The standard InChI is InChI=1S/C17H34N2O2/c1-6-17(3,4)14-9-8-13(11-18)15(10-14)19(5)12-16(20)21-7-2/h13-15H,6-12,18H2,1-5H3. The van der Waals surface area contributed by atoms with Crippen molar-refractivity contribution in [2.24, 2.45) is 23.0 Å². The molecule has 2 N–H and O–H groups in total. The average molecular weight is 298 g/mol. The number of likely N-dealkylation sites (N-methyl/N-ethyl adjacent to an activating group) is 1. The van der Waals surface area contributed by atoms with E-state index < -0.39 is 0 Å². The molecular weight excluding hydrogens is 264 g/mol. The van der Waals surface area contributed by atoms with Crippen LogP contribution in [0.4, 0.5) is 0 Å². The fourth-order valence-electron chi connectivity index (χ4n) is 3.55. The lowest BCUT2D eigenvalue weighted by molar-refractivity contribution is -0.145. The van der Waals surface area contributed by atoms with Gasteiger partial charge in [-0.15, -0.1) is 0 Å². The second-order valence-corrected chi connectivity index (χ2v) is 7.14. The third kappa shape index (κ3) is 4.96. The first-order chi connectivity index (χ1) is 9.85. The van der Waals surface area contributed by atoms with Gasteiger partial charge in [-0.1, -0.05) is 27.2 Å². The van der Waals surface area contributed by atoms with E-state index in [0.717, 1.165) is 6.42 Å². The number of hydrogen-bond donors (Lipinski definition) is 1. The Labute approximate surface area is 130 Å². The van der Waals surface area contributed by atoms with E-state index in [0.29, 0.717) is 43.0 Å². The molecule has 124 valence electrons. The summed E-state index contributed by atoms with van der Waals surface area (Å²) < 4.78 is 5.08. The van der Waals surface area contributed by atoms with Gasteiger partial charge in [-0.25, -0.2) is 0 Å². The van der Waals surface area contributed by atoms with Crippen molar-refractivity contribution in [3.8, 4) is 0 Å². The number of nitrogens with zero attached hydrogens (tertiary/aromatic N) is 1. The van der Waals surface area contributed by atoms with Crippen molar-refractivity contribution in [3.05, 3.63) is 0 Å². The number of carbonyl (C=O) groups excluding carboxylic acids is 1. The molecule has 4 nitrogen and oxygen atoms in total. The maximum absolute atomic E-state index is 11.7. The lowest BCUT2D eigenvalue weighted by Crippen LogP contribution is -2.48. The number of carbonyl (C=O) groups is 1. The van der Waals surface area contributed by atoms with Crippen LogP contribution in [0.3, 0.4) is 0 Å². The van der Waals surface area contributed by atoms with Crippen LogP contribution in [-0.2, 0) is 9.53 Å². The third-order valence-electron chi connectivity index (χ3n) is 5.53. The molecule has 0 amide bonds. The molecule has 0 aromatic heterocycles. The van der Waals surface area contributed by atoms with Crippen LogP contribution in [0.2, 0.25) is 0 Å². The first-order valence-electron chi connectivity index (χ1n) is 8.41. The first-order valence-corrected chi connectivity index (χ1v) is 8.41. The van der Waals surface area contributed by atoms with E-state index in [-0.39, 0.29) is 5.97 Å². The Kier molecular flexibility index (Phi) is 7.14. The minimum atomic E-state index is -0.132. The summed E-state index contributed by atoms with van der Waals surface area (Å²) in [6, 6.07) is 0.393. The zero-order valence-corrected chi connectivity index (χ0v) is 14.5. The maximum Gasteiger partial charge on any atom is 0.320 e. The van der Waals surface area contributed by atoms with Crippen molar-refractivity contribution < 1.29 is 9.53 Å². The highest BCUT2D eigenvalue weighted by molar-refractivity contribution is 5.71. The Morgan fingerprint density at radius 1 is 1.33 bits per heavy atom. The maximum atomic E-state index is 11.7. The van der Waals surface area contributed by atoms with Gasteiger partial charge in [0.05, 0.1) is 13.2 Å². The van der Waals surface area contributed by atoms with Gasteiger partial charge in [0.1, 0.15) is 0 Å². The predicted molar refractivity (Wildman–Crippen MR) is 87.0 cm³/mol. The largest absolute Gasteiger partial charge is 0.465 e. The van der Waals surface area contributed by atoms with Gasteiger partial charge in [-0.05, 0) is 57.0 Å². The van der Waals surface area contributed by atoms with Crippen LogP contribution >= 0.6 is 0 Å². The summed E-state index contributed by atoms with van der Waals surface area (Å²) in [6.45, 7) is 10.4. The summed E-state index contributed by atoms with van der Waals surface area (Å²) in [5, 5.41) is 0. The molecule has 1 aliphatic rings. The summed E-state index contributed by atoms with van der Waals surface area (Å²) in [7, 11) is 2.03. The Bertz CT molecular complexity index is 331. The highest BCUT2D eigenvalue weighted by Gasteiger charge is 2.38. The molecule has 4 heteroatoms. The fourth-order valence-corrected chi connectivity index (χ4v) is 3.55. The second kappa shape index (κ2) is 8.14. The number of rotatable bonds is 7. The van der Waals surface area contributed by atoms with Gasteiger partial charge in [-0.3, -0.25) is 9.69 Å². The molecule has 0 aromatic rings. The van der Waals surface area contributed by atoms with Crippen LogP contribution < -0.4 is 5.73 Å². The Balaban J connectivity index is 2.72. The van der Waals surface area contributed by atoms with Gasteiger partial charge in [0.2, 0.25) is 0 Å². The van der Waals surface area contributed by atoms with E-state index in [1.165, 1.54) is 19.3 Å². The normalized spacial score (nSPS) is 26.9. The molecule has 0 saturated heterocycles. The smallest absolute Gasteiger partial charge is 0.320 e. The van der Waals surface area contributed by atoms with Crippen LogP contribution in [0, 0.1) is 17.3 Å². The molecule has 3 unspecified atom stereocenters. The van der Waals surface area contributed by atoms with Crippen LogP contribution in [0.25, 0.3) is 0 Å². The number of hydrogen-bond acceptors (Lipinski definition) is 4. The molecule has 0 spiro atoms. The summed E-state index contributed by atoms with van der Waals surface area (Å²) in [4.78, 5) is 13.9. The SMILES string of the molecule is CCOC(=O)CN(C)C1CC(C(C)(C)CC)CCC1CN. The Morgan fingerprint density at radius 3 is 2.52 bits per heavy atom. The fraction of sp³-hybridized carbons (Fsp3) is 0.941. The van der Waals surface area contributed by atoms with Crippen LogP contribution in [0.5, 0.6) is 0 Å². The number of nitrogens with two attached hydrogens (primary N) is 1. The minimum absolute atomic E-state index is 0.132. The molecule has 1 fully saturated rings. The molecular formula is C17H34N2O2. The Hall–Kier alpha value is -0.610. The van der Waals surface area contributed by atoms with Gasteiger partial charge < -0.3 is 10.5 Å². The van der Waals surface area contributed by atoms with Crippen LogP contribution in [0.1, 0.15) is 53.4 Å². The van der Waals surface area contributed by atoms with E-state index in [1.54, 1.807) is 0 Å². The zero-order valence-electron chi connectivity index (χ0n) is 14.5. The summed E-state index contributed by atoms with van der Waals surface area (Å²) in [5.41, 5.74) is 6.33. The van der Waals surface area contributed by atoms with E-state index in [2.05, 4.69) is 25.7 Å². The first kappa shape index (κ1) is 18.4. The molecule has 1 aliphatic carbocycles.